The molecule has 0 unspecified atom stereocenters. The molecule has 0 aliphatic carbocycles. The molecular weight excluding hydrogens is 204 g/mol. The van der Waals surface area contributed by atoms with Gasteiger partial charge in [-0.05, 0) is 41.0 Å². The summed E-state index contributed by atoms with van der Waals surface area (Å²) in [5, 5.41) is 2.73. The summed E-state index contributed by atoms with van der Waals surface area (Å²) < 4.78 is 25.6. The summed E-state index contributed by atoms with van der Waals surface area (Å²) in [7, 11) is 0. The lowest BCUT2D eigenvalue weighted by Gasteiger charge is -1.95. The van der Waals surface area contributed by atoms with Gasteiger partial charge in [0.2, 0.25) is 5.91 Å². The molecule has 1 aromatic rings. The Bertz CT molecular complexity index is 464. The molecule has 1 amide bonds. The van der Waals surface area contributed by atoms with Crippen molar-refractivity contribution < 1.29 is 13.6 Å². The van der Waals surface area contributed by atoms with E-state index >= 15 is 0 Å². The Morgan fingerprint density at radius 2 is 2.20 bits per heavy atom. The maximum absolute atomic E-state index is 13.0. The summed E-state index contributed by atoms with van der Waals surface area (Å²) in [5.74, 6) is -2.16. The molecule has 76 valence electrons. The third kappa shape index (κ3) is 3.21. The molecule has 6 heteroatoms. The molecule has 0 atom stereocenters. The van der Waals surface area contributed by atoms with Crippen molar-refractivity contribution in [2.75, 3.05) is 0 Å². The molecule has 0 heterocycles. The molecule has 4 nitrogen and oxygen atoms in total. The molecule has 0 bridgehead atoms. The molecule has 0 aliphatic rings. The molecule has 0 aromatic heterocycles. The van der Waals surface area contributed by atoms with Crippen LogP contribution < -0.4 is 0 Å². The van der Waals surface area contributed by atoms with Crippen LogP contribution in [0.25, 0.3) is 16.5 Å². The Kier molecular flexibility index (Phi) is 3.54. The predicted octanol–water partition coefficient (Wildman–Crippen LogP) is 2.81. The van der Waals surface area contributed by atoms with E-state index in [9.17, 15) is 13.6 Å². The number of benzene rings is 1. The maximum Gasteiger partial charge on any atom is 0.242 e. The minimum Gasteiger partial charge on any atom is -0.288 e. The average Bonchev–Trinajstić information content (AvgIpc) is 2.20. The van der Waals surface area contributed by atoms with E-state index < -0.39 is 17.5 Å². The molecule has 0 saturated heterocycles. The number of carbonyl (C=O) groups is 1. The van der Waals surface area contributed by atoms with Crippen LogP contribution in [0.15, 0.2) is 29.4 Å². The van der Waals surface area contributed by atoms with Crippen molar-refractivity contribution in [1.29, 1.82) is 0 Å². The van der Waals surface area contributed by atoms with Crippen molar-refractivity contribution in [3.05, 3.63) is 51.9 Å². The minimum absolute atomic E-state index is 0.0866. The van der Waals surface area contributed by atoms with Gasteiger partial charge in [0.1, 0.15) is 11.6 Å². The summed E-state index contributed by atoms with van der Waals surface area (Å²) in [6.07, 6.45) is 1.90. The summed E-state index contributed by atoms with van der Waals surface area (Å²) >= 11 is 0. The van der Waals surface area contributed by atoms with Gasteiger partial charge in [-0.1, -0.05) is 0 Å². The zero-order chi connectivity index (χ0) is 11.3. The van der Waals surface area contributed by atoms with E-state index in [0.29, 0.717) is 0 Å². The predicted molar refractivity (Wildman–Crippen MR) is 49.5 cm³/mol. The number of hydrogen-bond donors (Lipinski definition) is 0. The van der Waals surface area contributed by atoms with Crippen molar-refractivity contribution in [3.8, 4) is 0 Å². The van der Waals surface area contributed by atoms with Gasteiger partial charge in [0, 0.05) is 10.5 Å². The molecule has 0 fully saturated rings. The molecule has 0 saturated carbocycles. The van der Waals surface area contributed by atoms with E-state index in [2.05, 4.69) is 10.0 Å². The normalized spacial score (nSPS) is 10.0. The number of rotatable bonds is 2. The highest BCUT2D eigenvalue weighted by Crippen LogP contribution is 2.11. The lowest BCUT2D eigenvalue weighted by molar-refractivity contribution is -0.113. The molecule has 1 aromatic carbocycles. The number of halogens is 2. The Hall–Kier alpha value is -2.20. The van der Waals surface area contributed by atoms with Gasteiger partial charge in [0.25, 0.3) is 0 Å². The van der Waals surface area contributed by atoms with Crippen LogP contribution in [0.1, 0.15) is 5.56 Å². The van der Waals surface area contributed by atoms with Crippen LogP contribution in [-0.4, -0.2) is 5.91 Å². The highest BCUT2D eigenvalue weighted by molar-refractivity contribution is 5.92. The van der Waals surface area contributed by atoms with Crippen LogP contribution in [-0.2, 0) is 4.79 Å². The van der Waals surface area contributed by atoms with E-state index in [1.807, 2.05) is 0 Å². The van der Waals surface area contributed by atoms with Gasteiger partial charge in [0.05, 0.1) is 0 Å². The molecule has 1 rings (SSSR count). The van der Waals surface area contributed by atoms with E-state index in [1.54, 1.807) is 0 Å². The second-order valence-corrected chi connectivity index (χ2v) is 2.53. The summed E-state index contributed by atoms with van der Waals surface area (Å²) in [6, 6.07) is 2.82. The fourth-order valence-electron chi connectivity index (χ4n) is 0.881. The Labute approximate surface area is 83.5 Å². The number of amides is 1. The maximum atomic E-state index is 13.0. The SMILES string of the molecule is [N-]=[N+]=NC(=O)/C=C\c1cc(F)ccc1F. The van der Waals surface area contributed by atoms with Gasteiger partial charge >= 0.3 is 0 Å². The standard InChI is InChI=1S/C9H5F2N3O/c10-7-2-3-8(11)6(5-7)1-4-9(15)13-14-12/h1-5H/b4-1-. The monoisotopic (exact) mass is 209 g/mol. The number of nitrogens with zero attached hydrogens (tertiary/aromatic N) is 3. The highest BCUT2D eigenvalue weighted by atomic mass is 19.1. The Morgan fingerprint density at radius 3 is 2.87 bits per heavy atom. The smallest absolute Gasteiger partial charge is 0.242 e. The average molecular weight is 209 g/mol. The van der Waals surface area contributed by atoms with Crippen molar-refractivity contribution in [3.63, 3.8) is 0 Å². The first-order chi connectivity index (χ1) is 7.13. The second kappa shape index (κ2) is 4.88. The number of carbonyl (C=O) groups excluding carboxylic acids is 1. The van der Waals surface area contributed by atoms with Gasteiger partial charge in [-0.2, -0.15) is 0 Å². The van der Waals surface area contributed by atoms with Crippen LogP contribution in [0, 0.1) is 11.6 Å². The van der Waals surface area contributed by atoms with Gasteiger partial charge in [-0.3, -0.25) is 4.79 Å². The number of hydrogen-bond acceptors (Lipinski definition) is 1. The van der Waals surface area contributed by atoms with Crippen molar-refractivity contribution in [2.45, 2.75) is 0 Å². The van der Waals surface area contributed by atoms with E-state index in [4.69, 9.17) is 5.53 Å². The fourth-order valence-corrected chi connectivity index (χ4v) is 0.881. The van der Waals surface area contributed by atoms with Crippen molar-refractivity contribution >= 4 is 12.0 Å². The first kappa shape index (κ1) is 10.9. The summed E-state index contributed by atoms with van der Waals surface area (Å²) in [5.41, 5.74) is 7.82. The van der Waals surface area contributed by atoms with Gasteiger partial charge in [0.15, 0.2) is 0 Å². The highest BCUT2D eigenvalue weighted by Gasteiger charge is 2.00. The minimum atomic E-state index is -0.874. The molecule has 0 spiro atoms. The quantitative estimate of drug-likeness (QED) is 0.319. The zero-order valence-electron chi connectivity index (χ0n) is 7.39. The van der Waals surface area contributed by atoms with Crippen LogP contribution in [0.2, 0.25) is 0 Å². The van der Waals surface area contributed by atoms with Crippen LogP contribution in [0.4, 0.5) is 8.78 Å². The van der Waals surface area contributed by atoms with Crippen molar-refractivity contribution in [2.24, 2.45) is 5.11 Å². The van der Waals surface area contributed by atoms with Crippen LogP contribution in [0.5, 0.6) is 0 Å². The van der Waals surface area contributed by atoms with Crippen LogP contribution in [0.3, 0.4) is 0 Å². The fraction of sp³-hybridized carbons (Fsp3) is 0. The Morgan fingerprint density at radius 1 is 1.47 bits per heavy atom. The molecular formula is C9H5F2N3O. The number of azide groups is 1. The summed E-state index contributed by atoms with van der Waals surface area (Å²) in [4.78, 5) is 12.9. The van der Waals surface area contributed by atoms with Gasteiger partial charge < -0.3 is 0 Å². The summed E-state index contributed by atoms with van der Waals surface area (Å²) in [6.45, 7) is 0. The molecule has 15 heavy (non-hydrogen) atoms. The van der Waals surface area contributed by atoms with E-state index in [-0.39, 0.29) is 5.56 Å². The topological polar surface area (TPSA) is 65.8 Å². The van der Waals surface area contributed by atoms with Gasteiger partial charge in [-0.15, -0.1) is 0 Å². The first-order valence-corrected chi connectivity index (χ1v) is 3.85. The first-order valence-electron chi connectivity index (χ1n) is 3.85. The molecule has 0 radical (unpaired) electrons. The van der Waals surface area contributed by atoms with Crippen molar-refractivity contribution in [1.82, 2.24) is 0 Å². The lowest BCUT2D eigenvalue weighted by Crippen LogP contribution is -1.86. The van der Waals surface area contributed by atoms with Gasteiger partial charge in [-0.25, -0.2) is 8.78 Å². The third-order valence-electron chi connectivity index (χ3n) is 1.51. The Balaban J connectivity index is 2.93. The third-order valence-corrected chi connectivity index (χ3v) is 1.51. The zero-order valence-corrected chi connectivity index (χ0v) is 7.39. The molecule has 0 N–H and O–H groups in total. The van der Waals surface area contributed by atoms with Crippen LogP contribution >= 0.6 is 0 Å². The molecule has 0 aliphatic heterocycles. The van der Waals surface area contributed by atoms with E-state index in [0.717, 1.165) is 30.4 Å². The largest absolute Gasteiger partial charge is 0.288 e. The van der Waals surface area contributed by atoms with E-state index in [1.165, 1.54) is 0 Å². The lowest BCUT2D eigenvalue weighted by atomic mass is 10.2. The second-order valence-electron chi connectivity index (χ2n) is 2.53.